The zero-order valence-electron chi connectivity index (χ0n) is 11.8. The third kappa shape index (κ3) is 3.09. The summed E-state index contributed by atoms with van der Waals surface area (Å²) in [6, 6.07) is 10.2. The molecule has 0 unspecified atom stereocenters. The minimum Gasteiger partial charge on any atom is -0.325 e. The lowest BCUT2D eigenvalue weighted by Gasteiger charge is -2.05. The van der Waals surface area contributed by atoms with E-state index in [1.54, 1.807) is 19.1 Å². The van der Waals surface area contributed by atoms with E-state index >= 15 is 0 Å². The number of aromatic nitrogens is 3. The molecule has 0 spiro atoms. The molecule has 0 radical (unpaired) electrons. The molecule has 3 aromatic rings. The van der Waals surface area contributed by atoms with Crippen LogP contribution in [0.3, 0.4) is 0 Å². The molecule has 2 heterocycles. The van der Waals surface area contributed by atoms with Crippen molar-refractivity contribution in [3.8, 4) is 0 Å². The van der Waals surface area contributed by atoms with E-state index in [1.807, 2.05) is 28.8 Å². The smallest absolute Gasteiger partial charge is 0.234 e. The first kappa shape index (κ1) is 14.5. The second-order valence-corrected chi connectivity index (χ2v) is 5.65. The number of nitrogens with zero attached hydrogens (tertiary/aromatic N) is 3. The van der Waals surface area contributed by atoms with E-state index in [-0.39, 0.29) is 17.5 Å². The lowest BCUT2D eigenvalue weighted by Crippen LogP contribution is -2.14. The van der Waals surface area contributed by atoms with Crippen molar-refractivity contribution in [2.75, 3.05) is 11.1 Å². The quantitative estimate of drug-likeness (QED) is 0.752. The van der Waals surface area contributed by atoms with Crippen molar-refractivity contribution < 1.29 is 9.18 Å². The van der Waals surface area contributed by atoms with Crippen molar-refractivity contribution >= 4 is 29.0 Å². The standard InChI is InChI=1S/C15H13FN4OS/c1-10-5-6-11(8-12(10)16)17-14(21)9-22-15-19-18-13-4-2-3-7-20(13)15/h2-8H,9H2,1H3,(H,17,21). The van der Waals surface area contributed by atoms with Crippen LogP contribution in [0, 0.1) is 12.7 Å². The Morgan fingerprint density at radius 2 is 2.18 bits per heavy atom. The van der Waals surface area contributed by atoms with E-state index in [9.17, 15) is 9.18 Å². The molecule has 1 N–H and O–H groups in total. The molecule has 2 aromatic heterocycles. The lowest BCUT2D eigenvalue weighted by atomic mass is 10.2. The van der Waals surface area contributed by atoms with Gasteiger partial charge in [-0.1, -0.05) is 23.9 Å². The second-order valence-electron chi connectivity index (χ2n) is 4.71. The number of aryl methyl sites for hydroxylation is 1. The van der Waals surface area contributed by atoms with Gasteiger partial charge in [0.15, 0.2) is 10.8 Å². The molecule has 0 saturated heterocycles. The van der Waals surface area contributed by atoms with Crippen molar-refractivity contribution in [3.63, 3.8) is 0 Å². The molecule has 3 rings (SSSR count). The van der Waals surface area contributed by atoms with Gasteiger partial charge in [-0.2, -0.15) is 0 Å². The van der Waals surface area contributed by atoms with Crippen LogP contribution in [0.15, 0.2) is 47.8 Å². The molecule has 112 valence electrons. The fraction of sp³-hybridized carbons (Fsp3) is 0.133. The molecule has 0 atom stereocenters. The molecule has 0 fully saturated rings. The number of pyridine rings is 1. The third-order valence-corrected chi connectivity index (χ3v) is 4.01. The third-order valence-electron chi connectivity index (χ3n) is 3.07. The van der Waals surface area contributed by atoms with E-state index < -0.39 is 0 Å². The summed E-state index contributed by atoms with van der Waals surface area (Å²) in [6.45, 7) is 1.67. The van der Waals surface area contributed by atoms with Crippen LogP contribution in [0.1, 0.15) is 5.56 Å². The van der Waals surface area contributed by atoms with E-state index in [2.05, 4.69) is 15.5 Å². The van der Waals surface area contributed by atoms with Gasteiger partial charge in [0.25, 0.3) is 0 Å². The second kappa shape index (κ2) is 6.15. The number of hydrogen-bond acceptors (Lipinski definition) is 4. The van der Waals surface area contributed by atoms with Crippen LogP contribution in [0.2, 0.25) is 0 Å². The number of anilines is 1. The molecular formula is C15H13FN4OS. The van der Waals surface area contributed by atoms with Crippen molar-refractivity contribution in [1.29, 1.82) is 0 Å². The van der Waals surface area contributed by atoms with Crippen LogP contribution < -0.4 is 5.32 Å². The maximum atomic E-state index is 13.4. The molecule has 0 aliphatic carbocycles. The van der Waals surface area contributed by atoms with Crippen molar-refractivity contribution in [3.05, 3.63) is 54.0 Å². The number of rotatable bonds is 4. The minimum absolute atomic E-state index is 0.172. The summed E-state index contributed by atoms with van der Waals surface area (Å²) in [5.41, 5.74) is 1.72. The number of benzene rings is 1. The highest BCUT2D eigenvalue weighted by atomic mass is 32.2. The van der Waals surface area contributed by atoms with E-state index in [1.165, 1.54) is 17.8 Å². The first-order valence-corrected chi connectivity index (χ1v) is 7.60. The molecule has 0 aliphatic rings. The first-order chi connectivity index (χ1) is 10.6. The van der Waals surface area contributed by atoms with Crippen LogP contribution >= 0.6 is 11.8 Å². The summed E-state index contributed by atoms with van der Waals surface area (Å²) >= 11 is 1.27. The van der Waals surface area contributed by atoms with Gasteiger partial charge >= 0.3 is 0 Å². The summed E-state index contributed by atoms with van der Waals surface area (Å²) in [5.74, 6) is -0.389. The SMILES string of the molecule is Cc1ccc(NC(=O)CSc2nnc3ccccn23)cc1F. The minimum atomic E-state index is -0.339. The number of fused-ring (bicyclic) bond motifs is 1. The van der Waals surface area contributed by atoms with Crippen LogP contribution in [-0.2, 0) is 4.79 Å². The molecule has 5 nitrogen and oxygen atoms in total. The fourth-order valence-corrected chi connectivity index (χ4v) is 2.64. The predicted octanol–water partition coefficient (Wildman–Crippen LogP) is 2.91. The Labute approximate surface area is 130 Å². The van der Waals surface area contributed by atoms with Crippen molar-refractivity contribution in [2.45, 2.75) is 12.1 Å². The number of nitrogens with one attached hydrogen (secondary N) is 1. The van der Waals surface area contributed by atoms with Gasteiger partial charge in [0, 0.05) is 11.9 Å². The van der Waals surface area contributed by atoms with Gasteiger partial charge < -0.3 is 5.32 Å². The Bertz CT molecular complexity index is 833. The number of amides is 1. The van der Waals surface area contributed by atoms with Gasteiger partial charge in [-0.3, -0.25) is 9.20 Å². The van der Waals surface area contributed by atoms with Gasteiger partial charge in [-0.15, -0.1) is 10.2 Å². The normalized spacial score (nSPS) is 10.8. The highest BCUT2D eigenvalue weighted by Gasteiger charge is 2.09. The Balaban J connectivity index is 1.63. The Kier molecular flexibility index (Phi) is 4.06. The maximum Gasteiger partial charge on any atom is 0.234 e. The predicted molar refractivity (Wildman–Crippen MR) is 83.5 cm³/mol. The molecule has 0 saturated carbocycles. The van der Waals surface area contributed by atoms with Gasteiger partial charge in [0.05, 0.1) is 5.75 Å². The van der Waals surface area contributed by atoms with E-state index in [0.717, 1.165) is 5.65 Å². The summed E-state index contributed by atoms with van der Waals surface area (Å²) in [5, 5.41) is 11.4. The maximum absolute atomic E-state index is 13.4. The van der Waals surface area contributed by atoms with E-state index in [4.69, 9.17) is 0 Å². The van der Waals surface area contributed by atoms with Crippen molar-refractivity contribution in [2.24, 2.45) is 0 Å². The number of carbonyl (C=O) groups is 1. The highest BCUT2D eigenvalue weighted by Crippen LogP contribution is 2.18. The zero-order chi connectivity index (χ0) is 15.5. The van der Waals surface area contributed by atoms with Gasteiger partial charge in [0.1, 0.15) is 5.82 Å². The number of halogens is 1. The summed E-state index contributed by atoms with van der Waals surface area (Å²) in [7, 11) is 0. The molecule has 0 aliphatic heterocycles. The van der Waals surface area contributed by atoms with Crippen LogP contribution in [0.5, 0.6) is 0 Å². The Hall–Kier alpha value is -2.41. The molecule has 7 heteroatoms. The van der Waals surface area contributed by atoms with Crippen LogP contribution in [0.4, 0.5) is 10.1 Å². The largest absolute Gasteiger partial charge is 0.325 e. The van der Waals surface area contributed by atoms with Crippen LogP contribution in [0.25, 0.3) is 5.65 Å². The molecule has 1 aromatic carbocycles. The monoisotopic (exact) mass is 316 g/mol. The average molecular weight is 316 g/mol. The topological polar surface area (TPSA) is 59.3 Å². The number of thioether (sulfide) groups is 1. The van der Waals surface area contributed by atoms with Gasteiger partial charge in [0.2, 0.25) is 5.91 Å². The summed E-state index contributed by atoms with van der Waals surface area (Å²) in [4.78, 5) is 11.9. The number of carbonyl (C=O) groups excluding carboxylic acids is 1. The van der Waals surface area contributed by atoms with Gasteiger partial charge in [-0.25, -0.2) is 4.39 Å². The van der Waals surface area contributed by atoms with Crippen molar-refractivity contribution in [1.82, 2.24) is 14.6 Å². The van der Waals surface area contributed by atoms with Crippen LogP contribution in [-0.4, -0.2) is 26.3 Å². The fourth-order valence-electron chi connectivity index (χ4n) is 1.92. The molecule has 1 amide bonds. The molecule has 0 bridgehead atoms. The number of hydrogen-bond donors (Lipinski definition) is 1. The molecular weight excluding hydrogens is 303 g/mol. The lowest BCUT2D eigenvalue weighted by molar-refractivity contribution is -0.113. The summed E-state index contributed by atoms with van der Waals surface area (Å²) in [6.07, 6.45) is 1.84. The van der Waals surface area contributed by atoms with E-state index in [0.29, 0.717) is 16.4 Å². The average Bonchev–Trinajstić information content (AvgIpc) is 2.92. The molecule has 22 heavy (non-hydrogen) atoms. The van der Waals surface area contributed by atoms with Gasteiger partial charge in [-0.05, 0) is 36.8 Å². The highest BCUT2D eigenvalue weighted by molar-refractivity contribution is 7.99. The first-order valence-electron chi connectivity index (χ1n) is 6.62. The zero-order valence-corrected chi connectivity index (χ0v) is 12.6. The Morgan fingerprint density at radius 1 is 1.32 bits per heavy atom. The summed E-state index contributed by atoms with van der Waals surface area (Å²) < 4.78 is 15.2. The Morgan fingerprint density at radius 3 is 3.00 bits per heavy atom.